The maximum Gasteiger partial charge on any atom is 0.416 e. The van der Waals surface area contributed by atoms with Crippen molar-refractivity contribution >= 4 is 17.5 Å². The Morgan fingerprint density at radius 2 is 1.77 bits per heavy atom. The van der Waals surface area contributed by atoms with Crippen molar-refractivity contribution in [2.45, 2.75) is 26.1 Å². The number of cyclic esters (lactones) is 1. The van der Waals surface area contributed by atoms with Gasteiger partial charge in [-0.25, -0.2) is 4.79 Å². The van der Waals surface area contributed by atoms with Gasteiger partial charge < -0.3 is 19.8 Å². The van der Waals surface area contributed by atoms with Gasteiger partial charge in [-0.15, -0.1) is 10.2 Å². The number of nitrogens with zero attached hydrogens (tertiary/aromatic N) is 2. The van der Waals surface area contributed by atoms with Gasteiger partial charge in [-0.05, 0) is 36.4 Å². The predicted octanol–water partition coefficient (Wildman–Crippen LogP) is 5.31. The van der Waals surface area contributed by atoms with Crippen LogP contribution in [-0.2, 0) is 10.9 Å². The SMILES string of the molecule is CC.O=C1NC(c2nnc(-c3ccccc3Nc3ccc(C(F)(F)F)cc3)o2)CO1. The number of para-hydroxylation sites is 1. The van der Waals surface area contributed by atoms with Crippen LogP contribution in [0.5, 0.6) is 0 Å². The van der Waals surface area contributed by atoms with E-state index in [2.05, 4.69) is 20.8 Å². The van der Waals surface area contributed by atoms with Crippen molar-refractivity contribution in [3.8, 4) is 11.5 Å². The average Bonchev–Trinajstić information content (AvgIpc) is 3.39. The minimum atomic E-state index is -4.39. The molecule has 1 saturated heterocycles. The molecule has 4 rings (SSSR count). The van der Waals surface area contributed by atoms with Crippen molar-refractivity contribution in [2.24, 2.45) is 0 Å². The van der Waals surface area contributed by atoms with Gasteiger partial charge >= 0.3 is 12.3 Å². The number of nitrogens with one attached hydrogen (secondary N) is 2. The van der Waals surface area contributed by atoms with Gasteiger partial charge in [-0.2, -0.15) is 13.2 Å². The molecule has 0 bridgehead atoms. The Morgan fingerprint density at radius 3 is 2.40 bits per heavy atom. The van der Waals surface area contributed by atoms with Crippen molar-refractivity contribution in [3.63, 3.8) is 0 Å². The van der Waals surface area contributed by atoms with Gasteiger partial charge in [-0.3, -0.25) is 0 Å². The number of benzene rings is 2. The maximum absolute atomic E-state index is 12.7. The summed E-state index contributed by atoms with van der Waals surface area (Å²) in [6.45, 7) is 4.09. The van der Waals surface area contributed by atoms with Gasteiger partial charge in [0.25, 0.3) is 0 Å². The fourth-order valence-electron chi connectivity index (χ4n) is 2.68. The highest BCUT2D eigenvalue weighted by molar-refractivity contribution is 5.77. The molecule has 7 nitrogen and oxygen atoms in total. The molecule has 2 heterocycles. The number of amides is 1. The van der Waals surface area contributed by atoms with Crippen LogP contribution >= 0.6 is 0 Å². The number of carbonyl (C=O) groups is 1. The van der Waals surface area contributed by atoms with Crippen LogP contribution < -0.4 is 10.6 Å². The number of halogens is 3. The second kappa shape index (κ2) is 8.85. The van der Waals surface area contributed by atoms with Crippen molar-refractivity contribution in [3.05, 3.63) is 60.0 Å². The number of rotatable bonds is 4. The van der Waals surface area contributed by atoms with E-state index in [1.54, 1.807) is 24.3 Å². The smallest absolute Gasteiger partial charge is 0.416 e. The van der Waals surface area contributed by atoms with Crippen molar-refractivity contribution < 1.29 is 27.1 Å². The first kappa shape index (κ1) is 21.2. The van der Waals surface area contributed by atoms with E-state index in [9.17, 15) is 18.0 Å². The molecule has 30 heavy (non-hydrogen) atoms. The Kier molecular flexibility index (Phi) is 6.24. The summed E-state index contributed by atoms with van der Waals surface area (Å²) in [4.78, 5) is 11.1. The Balaban J connectivity index is 0.00000124. The van der Waals surface area contributed by atoms with E-state index in [4.69, 9.17) is 9.15 Å². The molecule has 158 valence electrons. The van der Waals surface area contributed by atoms with Crippen molar-refractivity contribution in [1.29, 1.82) is 0 Å². The lowest BCUT2D eigenvalue weighted by Gasteiger charge is -2.11. The molecule has 1 fully saturated rings. The number of alkyl carbamates (subject to hydrolysis) is 1. The largest absolute Gasteiger partial charge is 0.447 e. The molecule has 3 aromatic rings. The van der Waals surface area contributed by atoms with E-state index in [1.807, 2.05) is 13.8 Å². The first-order chi connectivity index (χ1) is 14.4. The molecular formula is C20H19F3N4O3. The van der Waals surface area contributed by atoms with E-state index >= 15 is 0 Å². The summed E-state index contributed by atoms with van der Waals surface area (Å²) in [5.74, 6) is 0.399. The molecule has 1 atom stereocenters. The topological polar surface area (TPSA) is 89.3 Å². The van der Waals surface area contributed by atoms with Crippen LogP contribution in [0, 0.1) is 0 Å². The number of alkyl halides is 3. The molecular weight excluding hydrogens is 401 g/mol. The molecule has 0 saturated carbocycles. The number of hydrogen-bond donors (Lipinski definition) is 2. The van der Waals surface area contributed by atoms with Crippen molar-refractivity contribution in [1.82, 2.24) is 15.5 Å². The lowest BCUT2D eigenvalue weighted by molar-refractivity contribution is -0.137. The van der Waals surface area contributed by atoms with Crippen LogP contribution in [0.2, 0.25) is 0 Å². The second-order valence-corrected chi connectivity index (χ2v) is 5.99. The number of aromatic nitrogens is 2. The van der Waals surface area contributed by atoms with E-state index in [1.165, 1.54) is 12.1 Å². The van der Waals surface area contributed by atoms with Crippen LogP contribution in [0.1, 0.15) is 31.3 Å². The standard InChI is InChI=1S/C18H13F3N4O3.C2H6/c19-18(20,21)10-5-7-11(8-6-10)22-13-4-2-1-3-12(13)15-24-25-16(28-15)14-9-27-17(26)23-14;1-2/h1-8,14,22H,9H2,(H,23,26);1-2H3. The minimum absolute atomic E-state index is 0.0892. The first-order valence-electron chi connectivity index (χ1n) is 9.20. The molecule has 2 aromatic carbocycles. The highest BCUT2D eigenvalue weighted by Crippen LogP contribution is 2.33. The summed E-state index contributed by atoms with van der Waals surface area (Å²) < 4.78 is 48.5. The molecule has 0 spiro atoms. The fraction of sp³-hybridized carbons (Fsp3) is 0.250. The van der Waals surface area contributed by atoms with Crippen LogP contribution in [-0.4, -0.2) is 22.9 Å². The predicted molar refractivity (Wildman–Crippen MR) is 103 cm³/mol. The fourth-order valence-corrected chi connectivity index (χ4v) is 2.68. The Morgan fingerprint density at radius 1 is 1.07 bits per heavy atom. The summed E-state index contributed by atoms with van der Waals surface area (Å²) in [5.41, 5.74) is 0.876. The summed E-state index contributed by atoms with van der Waals surface area (Å²) in [5, 5.41) is 13.5. The summed E-state index contributed by atoms with van der Waals surface area (Å²) in [6, 6.07) is 11.1. The zero-order chi connectivity index (χ0) is 21.7. The van der Waals surface area contributed by atoms with E-state index in [0.717, 1.165) is 12.1 Å². The molecule has 0 aliphatic carbocycles. The van der Waals surface area contributed by atoms with Crippen LogP contribution in [0.15, 0.2) is 52.9 Å². The highest BCUT2D eigenvalue weighted by atomic mass is 19.4. The van der Waals surface area contributed by atoms with E-state index in [-0.39, 0.29) is 18.4 Å². The zero-order valence-electron chi connectivity index (χ0n) is 16.2. The lowest BCUT2D eigenvalue weighted by Crippen LogP contribution is -2.18. The van der Waals surface area contributed by atoms with E-state index in [0.29, 0.717) is 16.9 Å². The average molecular weight is 420 g/mol. The third-order valence-electron chi connectivity index (χ3n) is 4.06. The van der Waals surface area contributed by atoms with Crippen LogP contribution in [0.25, 0.3) is 11.5 Å². The van der Waals surface area contributed by atoms with Gasteiger partial charge in [0.15, 0.2) is 0 Å². The summed E-state index contributed by atoms with van der Waals surface area (Å²) >= 11 is 0. The van der Waals surface area contributed by atoms with Gasteiger partial charge in [0.1, 0.15) is 12.6 Å². The zero-order valence-corrected chi connectivity index (χ0v) is 16.2. The molecule has 2 N–H and O–H groups in total. The van der Waals surface area contributed by atoms with Gasteiger partial charge in [0.05, 0.1) is 16.8 Å². The molecule has 1 unspecified atom stereocenters. The Bertz CT molecular complexity index is 1000. The van der Waals surface area contributed by atoms with Gasteiger partial charge in [0, 0.05) is 5.69 Å². The van der Waals surface area contributed by atoms with Crippen molar-refractivity contribution in [2.75, 3.05) is 11.9 Å². The number of ether oxygens (including phenoxy) is 1. The second-order valence-electron chi connectivity index (χ2n) is 5.99. The molecule has 1 amide bonds. The number of carbonyl (C=O) groups excluding carboxylic acids is 1. The molecule has 1 aromatic heterocycles. The van der Waals surface area contributed by atoms with Gasteiger partial charge in [-0.1, -0.05) is 26.0 Å². The third-order valence-corrected chi connectivity index (χ3v) is 4.06. The van der Waals surface area contributed by atoms with Crippen LogP contribution in [0.3, 0.4) is 0 Å². The molecule has 0 radical (unpaired) electrons. The van der Waals surface area contributed by atoms with E-state index < -0.39 is 23.9 Å². The Hall–Kier alpha value is -3.56. The minimum Gasteiger partial charge on any atom is -0.447 e. The van der Waals surface area contributed by atoms with Crippen LogP contribution in [0.4, 0.5) is 29.3 Å². The molecule has 10 heteroatoms. The Labute approximate surface area is 170 Å². The highest BCUT2D eigenvalue weighted by Gasteiger charge is 2.30. The third kappa shape index (κ3) is 4.70. The quantitative estimate of drug-likeness (QED) is 0.595. The lowest BCUT2D eigenvalue weighted by atomic mass is 10.1. The maximum atomic E-state index is 12.7. The number of anilines is 2. The molecule has 1 aliphatic rings. The molecule has 1 aliphatic heterocycles. The number of hydrogen-bond acceptors (Lipinski definition) is 6. The van der Waals surface area contributed by atoms with Gasteiger partial charge in [0.2, 0.25) is 11.8 Å². The normalized spacial score (nSPS) is 15.6. The summed E-state index contributed by atoms with van der Waals surface area (Å²) in [6.07, 6.45) is -4.95. The monoisotopic (exact) mass is 420 g/mol. The summed E-state index contributed by atoms with van der Waals surface area (Å²) in [7, 11) is 0. The first-order valence-corrected chi connectivity index (χ1v) is 9.20.